The highest BCUT2D eigenvalue weighted by molar-refractivity contribution is 5.39. The Morgan fingerprint density at radius 3 is 2.28 bits per heavy atom. The van der Waals surface area contributed by atoms with Crippen LogP contribution in [0.4, 0.5) is 0 Å². The summed E-state index contributed by atoms with van der Waals surface area (Å²) in [6.07, 6.45) is 3.47. The number of imidazole rings is 1. The van der Waals surface area contributed by atoms with E-state index in [0.717, 1.165) is 29.8 Å². The van der Waals surface area contributed by atoms with E-state index in [1.54, 1.807) is 16.2 Å². The quantitative estimate of drug-likeness (QED) is 0.869. The van der Waals surface area contributed by atoms with Gasteiger partial charge in [-0.15, -0.1) is 0 Å². The van der Waals surface area contributed by atoms with Crippen LogP contribution in [0.1, 0.15) is 24.1 Å². The number of benzene rings is 1. The van der Waals surface area contributed by atoms with Crippen molar-refractivity contribution in [2.45, 2.75) is 25.4 Å². The number of aliphatic hydroxyl groups is 1. The normalized spacial score (nSPS) is 16.8. The summed E-state index contributed by atoms with van der Waals surface area (Å²) >= 11 is 0. The van der Waals surface area contributed by atoms with Crippen LogP contribution in [0.25, 0.3) is 5.69 Å². The maximum absolute atomic E-state index is 12.0. The van der Waals surface area contributed by atoms with Gasteiger partial charge in [-0.3, -0.25) is 4.57 Å². The number of hydrogen-bond donors (Lipinski definition) is 1. The Hall–Kier alpha value is -1.81. The van der Waals surface area contributed by atoms with Crippen molar-refractivity contribution in [3.05, 3.63) is 52.2 Å². The Bertz CT molecular complexity index is 645. The maximum atomic E-state index is 12.0. The first kappa shape index (κ1) is 11.3. The van der Waals surface area contributed by atoms with Crippen molar-refractivity contribution in [1.29, 1.82) is 0 Å². The number of nitrogens with zero attached hydrogens (tertiary/aromatic N) is 2. The number of aryl methyl sites for hydroxylation is 2. The number of rotatable bonds is 2. The molecule has 1 aromatic heterocycles. The summed E-state index contributed by atoms with van der Waals surface area (Å²) in [6, 6.07) is 7.59. The highest BCUT2D eigenvalue weighted by Crippen LogP contribution is 2.45. The van der Waals surface area contributed by atoms with Gasteiger partial charge in [0, 0.05) is 18.9 Å². The van der Waals surface area contributed by atoms with Crippen LogP contribution in [0, 0.1) is 6.92 Å². The molecule has 0 saturated heterocycles. The molecule has 0 unspecified atom stereocenters. The number of aromatic nitrogens is 2. The van der Waals surface area contributed by atoms with Gasteiger partial charge in [0.25, 0.3) is 0 Å². The lowest BCUT2D eigenvalue weighted by molar-refractivity contribution is 0.151. The zero-order chi connectivity index (χ0) is 12.9. The summed E-state index contributed by atoms with van der Waals surface area (Å²) in [7, 11) is 1.74. The van der Waals surface area contributed by atoms with Gasteiger partial charge in [-0.1, -0.05) is 12.1 Å². The summed E-state index contributed by atoms with van der Waals surface area (Å²) in [5.74, 6) is 0. The van der Waals surface area contributed by atoms with E-state index < -0.39 is 5.60 Å². The maximum Gasteiger partial charge on any atom is 0.332 e. The van der Waals surface area contributed by atoms with Crippen LogP contribution in [0.3, 0.4) is 0 Å². The lowest BCUT2D eigenvalue weighted by Gasteiger charge is -2.09. The Morgan fingerprint density at radius 2 is 1.83 bits per heavy atom. The molecule has 0 aliphatic heterocycles. The molecule has 0 atom stereocenters. The molecule has 0 bridgehead atoms. The molecular weight excluding hydrogens is 228 g/mol. The summed E-state index contributed by atoms with van der Waals surface area (Å²) in [5, 5.41) is 10.0. The highest BCUT2D eigenvalue weighted by atomic mass is 16.3. The van der Waals surface area contributed by atoms with E-state index in [0.29, 0.717) is 0 Å². The van der Waals surface area contributed by atoms with Crippen LogP contribution in [0.15, 0.2) is 35.3 Å². The van der Waals surface area contributed by atoms with Crippen LogP contribution >= 0.6 is 0 Å². The molecule has 0 amide bonds. The van der Waals surface area contributed by atoms with E-state index in [1.165, 1.54) is 0 Å². The van der Waals surface area contributed by atoms with Crippen molar-refractivity contribution in [2.75, 3.05) is 0 Å². The molecule has 1 fully saturated rings. The van der Waals surface area contributed by atoms with Crippen molar-refractivity contribution >= 4 is 0 Å². The molecule has 1 aliphatic rings. The fourth-order valence-corrected chi connectivity index (χ4v) is 2.34. The van der Waals surface area contributed by atoms with Gasteiger partial charge in [-0.2, -0.15) is 0 Å². The lowest BCUT2D eigenvalue weighted by atomic mass is 10.1. The third-order valence-electron chi connectivity index (χ3n) is 3.61. The molecule has 1 heterocycles. The van der Waals surface area contributed by atoms with Crippen molar-refractivity contribution in [3.8, 4) is 5.69 Å². The second-order valence-electron chi connectivity index (χ2n) is 5.08. The molecule has 4 heteroatoms. The first-order valence-corrected chi connectivity index (χ1v) is 6.09. The monoisotopic (exact) mass is 244 g/mol. The van der Waals surface area contributed by atoms with Crippen molar-refractivity contribution in [1.82, 2.24) is 9.13 Å². The van der Waals surface area contributed by atoms with Crippen LogP contribution in [-0.2, 0) is 12.6 Å². The van der Waals surface area contributed by atoms with Gasteiger partial charge < -0.3 is 9.67 Å². The first-order chi connectivity index (χ1) is 8.51. The van der Waals surface area contributed by atoms with Crippen molar-refractivity contribution in [2.24, 2.45) is 7.05 Å². The van der Waals surface area contributed by atoms with Crippen LogP contribution in [0.2, 0.25) is 0 Å². The molecule has 2 aromatic rings. The fraction of sp³-hybridized carbons (Fsp3) is 0.357. The molecule has 1 N–H and O–H groups in total. The summed E-state index contributed by atoms with van der Waals surface area (Å²) in [6.45, 7) is 1.91. The highest BCUT2D eigenvalue weighted by Gasteiger charge is 2.41. The van der Waals surface area contributed by atoms with Gasteiger partial charge in [0.2, 0.25) is 0 Å². The molecule has 0 spiro atoms. The van der Waals surface area contributed by atoms with Crippen LogP contribution in [-0.4, -0.2) is 14.2 Å². The molecule has 4 nitrogen and oxygen atoms in total. The third-order valence-corrected chi connectivity index (χ3v) is 3.61. The van der Waals surface area contributed by atoms with Crippen molar-refractivity contribution in [3.63, 3.8) is 0 Å². The molecule has 1 aromatic carbocycles. The molecule has 1 aliphatic carbocycles. The molecule has 0 radical (unpaired) electrons. The lowest BCUT2D eigenvalue weighted by Crippen LogP contribution is -2.21. The average Bonchev–Trinajstić information content (AvgIpc) is 3.03. The Morgan fingerprint density at radius 1 is 1.22 bits per heavy atom. The van der Waals surface area contributed by atoms with E-state index in [9.17, 15) is 9.90 Å². The first-order valence-electron chi connectivity index (χ1n) is 6.09. The van der Waals surface area contributed by atoms with Gasteiger partial charge in [0.05, 0.1) is 11.3 Å². The zero-order valence-corrected chi connectivity index (χ0v) is 10.6. The predicted molar refractivity (Wildman–Crippen MR) is 68.9 cm³/mol. The average molecular weight is 244 g/mol. The van der Waals surface area contributed by atoms with E-state index >= 15 is 0 Å². The Balaban J connectivity index is 2.05. The Kier molecular flexibility index (Phi) is 2.25. The molecular formula is C14H16N2O2. The van der Waals surface area contributed by atoms with Gasteiger partial charge in [-0.25, -0.2) is 4.79 Å². The fourth-order valence-electron chi connectivity index (χ4n) is 2.34. The topological polar surface area (TPSA) is 47.2 Å². The minimum absolute atomic E-state index is 0.0506. The van der Waals surface area contributed by atoms with Gasteiger partial charge in [-0.05, 0) is 37.5 Å². The summed E-state index contributed by atoms with van der Waals surface area (Å²) < 4.78 is 3.23. The minimum atomic E-state index is -0.616. The van der Waals surface area contributed by atoms with E-state index in [4.69, 9.17) is 0 Å². The van der Waals surface area contributed by atoms with Gasteiger partial charge >= 0.3 is 5.69 Å². The van der Waals surface area contributed by atoms with E-state index in [2.05, 4.69) is 0 Å². The molecule has 94 valence electrons. The molecule has 3 rings (SSSR count). The Labute approximate surface area is 105 Å². The zero-order valence-electron chi connectivity index (χ0n) is 10.6. The van der Waals surface area contributed by atoms with Gasteiger partial charge in [0.1, 0.15) is 0 Å². The minimum Gasteiger partial charge on any atom is -0.385 e. The van der Waals surface area contributed by atoms with E-state index in [1.807, 2.05) is 37.4 Å². The predicted octanol–water partition coefficient (Wildman–Crippen LogP) is 1.47. The molecule has 18 heavy (non-hydrogen) atoms. The SMILES string of the molecule is Cc1cn(C)c(=O)n1-c1ccc(C2(O)CC2)cc1. The third kappa shape index (κ3) is 1.61. The van der Waals surface area contributed by atoms with Crippen LogP contribution < -0.4 is 5.69 Å². The van der Waals surface area contributed by atoms with E-state index in [-0.39, 0.29) is 5.69 Å². The standard InChI is InChI=1S/C14H16N2O2/c1-10-9-15(2)13(17)16(10)12-5-3-11(4-6-12)14(18)7-8-14/h3-6,9,18H,7-8H2,1-2H3. The summed E-state index contributed by atoms with van der Waals surface area (Å²) in [5.41, 5.74) is 2.01. The molecule has 1 saturated carbocycles. The van der Waals surface area contributed by atoms with Gasteiger partial charge in [0.15, 0.2) is 0 Å². The summed E-state index contributed by atoms with van der Waals surface area (Å²) in [4.78, 5) is 12.0. The number of hydrogen-bond acceptors (Lipinski definition) is 2. The largest absolute Gasteiger partial charge is 0.385 e. The second kappa shape index (κ2) is 3.59. The second-order valence-corrected chi connectivity index (χ2v) is 5.08. The van der Waals surface area contributed by atoms with Crippen LogP contribution in [0.5, 0.6) is 0 Å². The smallest absolute Gasteiger partial charge is 0.332 e. The van der Waals surface area contributed by atoms with Crippen molar-refractivity contribution < 1.29 is 5.11 Å².